The molecular weight excluding hydrogens is 238 g/mol. The maximum absolute atomic E-state index is 5.48. The Bertz CT molecular complexity index is 543. The fraction of sp³-hybridized carbons (Fsp3) is 0.533. The predicted octanol–water partition coefficient (Wildman–Crippen LogP) is 2.23. The van der Waals surface area contributed by atoms with Crippen LogP contribution in [0, 0.1) is 12.8 Å². The summed E-state index contributed by atoms with van der Waals surface area (Å²) in [5, 5.41) is 6.99. The van der Waals surface area contributed by atoms with Crippen LogP contribution in [0.1, 0.15) is 24.3 Å². The average molecular weight is 259 g/mol. The number of fused-ring (bicyclic) bond motifs is 1. The van der Waals surface area contributed by atoms with Crippen LogP contribution in [0.25, 0.3) is 11.1 Å². The molecule has 0 saturated carbocycles. The van der Waals surface area contributed by atoms with Gasteiger partial charge in [0.1, 0.15) is 5.52 Å². The number of benzene rings is 1. The average Bonchev–Trinajstić information content (AvgIpc) is 2.79. The number of nitrogens with zero attached hydrogens (tertiary/aromatic N) is 1. The summed E-state index contributed by atoms with van der Waals surface area (Å²) in [6, 6.07) is 6.23. The lowest BCUT2D eigenvalue weighted by Gasteiger charge is -2.22. The molecule has 2 N–H and O–H groups in total. The highest BCUT2D eigenvalue weighted by Gasteiger charge is 2.12. The Hall–Kier alpha value is -1.39. The van der Waals surface area contributed by atoms with Crippen LogP contribution in [-0.2, 0) is 6.54 Å². The normalized spacial score (nSPS) is 19.9. The first-order valence-electron chi connectivity index (χ1n) is 7.09. The van der Waals surface area contributed by atoms with Crippen molar-refractivity contribution in [3.63, 3.8) is 0 Å². The Balaban J connectivity index is 1.55. The van der Waals surface area contributed by atoms with Crippen LogP contribution >= 0.6 is 0 Å². The fourth-order valence-corrected chi connectivity index (χ4v) is 2.72. The van der Waals surface area contributed by atoms with Crippen molar-refractivity contribution < 1.29 is 4.42 Å². The highest BCUT2D eigenvalue weighted by Crippen LogP contribution is 2.16. The van der Waals surface area contributed by atoms with Gasteiger partial charge in [-0.05, 0) is 56.1 Å². The lowest BCUT2D eigenvalue weighted by molar-refractivity contribution is 0.360. The number of nitrogens with one attached hydrogen (secondary N) is 2. The Morgan fingerprint density at radius 2 is 2.42 bits per heavy atom. The molecule has 3 rings (SSSR count). The first-order chi connectivity index (χ1) is 9.31. The van der Waals surface area contributed by atoms with E-state index in [-0.39, 0.29) is 0 Å². The van der Waals surface area contributed by atoms with Gasteiger partial charge in [-0.25, -0.2) is 4.98 Å². The maximum atomic E-state index is 5.48. The monoisotopic (exact) mass is 259 g/mol. The molecule has 2 heterocycles. The highest BCUT2D eigenvalue weighted by molar-refractivity contribution is 5.73. The van der Waals surface area contributed by atoms with E-state index >= 15 is 0 Å². The summed E-state index contributed by atoms with van der Waals surface area (Å²) in [6.07, 6.45) is 2.64. The lowest BCUT2D eigenvalue weighted by atomic mass is 10.00. The second-order valence-corrected chi connectivity index (χ2v) is 5.38. The largest absolute Gasteiger partial charge is 0.441 e. The Labute approximate surface area is 113 Å². The van der Waals surface area contributed by atoms with E-state index in [4.69, 9.17) is 4.42 Å². The molecule has 1 aliphatic heterocycles. The van der Waals surface area contributed by atoms with Crippen molar-refractivity contribution in [3.8, 4) is 0 Å². The molecule has 1 saturated heterocycles. The van der Waals surface area contributed by atoms with E-state index < -0.39 is 0 Å². The molecule has 0 bridgehead atoms. The first kappa shape index (κ1) is 12.6. The van der Waals surface area contributed by atoms with Crippen LogP contribution in [0.4, 0.5) is 0 Å². The van der Waals surface area contributed by atoms with Crippen molar-refractivity contribution in [1.29, 1.82) is 0 Å². The molecule has 1 unspecified atom stereocenters. The van der Waals surface area contributed by atoms with Gasteiger partial charge in [-0.15, -0.1) is 0 Å². The van der Waals surface area contributed by atoms with E-state index in [1.807, 2.05) is 13.0 Å². The summed E-state index contributed by atoms with van der Waals surface area (Å²) < 4.78 is 5.48. The van der Waals surface area contributed by atoms with E-state index in [9.17, 15) is 0 Å². The molecule has 102 valence electrons. The van der Waals surface area contributed by atoms with Crippen molar-refractivity contribution in [2.75, 3.05) is 19.6 Å². The molecular formula is C15H21N3O. The smallest absolute Gasteiger partial charge is 0.192 e. The second kappa shape index (κ2) is 5.72. The first-order valence-corrected chi connectivity index (χ1v) is 7.09. The Morgan fingerprint density at radius 1 is 1.47 bits per heavy atom. The summed E-state index contributed by atoms with van der Waals surface area (Å²) >= 11 is 0. The van der Waals surface area contributed by atoms with Gasteiger partial charge in [-0.2, -0.15) is 0 Å². The van der Waals surface area contributed by atoms with Gasteiger partial charge in [0.2, 0.25) is 0 Å². The van der Waals surface area contributed by atoms with Crippen LogP contribution in [-0.4, -0.2) is 24.6 Å². The van der Waals surface area contributed by atoms with E-state index in [0.29, 0.717) is 0 Å². The quantitative estimate of drug-likeness (QED) is 0.884. The van der Waals surface area contributed by atoms with Crippen LogP contribution in [0.5, 0.6) is 0 Å². The van der Waals surface area contributed by atoms with Crippen molar-refractivity contribution >= 4 is 11.1 Å². The SMILES string of the molecule is Cc1nc2cc(CNCC3CCCNC3)ccc2o1. The number of aryl methyl sites for hydroxylation is 1. The molecule has 2 aromatic rings. The number of rotatable bonds is 4. The summed E-state index contributed by atoms with van der Waals surface area (Å²) in [4.78, 5) is 4.37. The lowest BCUT2D eigenvalue weighted by Crippen LogP contribution is -2.35. The van der Waals surface area contributed by atoms with Crippen LogP contribution in [0.3, 0.4) is 0 Å². The number of hydrogen-bond donors (Lipinski definition) is 2. The summed E-state index contributed by atoms with van der Waals surface area (Å²) in [5.41, 5.74) is 3.10. The van der Waals surface area contributed by atoms with E-state index in [0.717, 1.165) is 42.5 Å². The standard InChI is InChI=1S/C15H21N3O/c1-11-18-14-7-12(4-5-15(14)19-11)8-17-10-13-3-2-6-16-9-13/h4-5,7,13,16-17H,2-3,6,8-10H2,1H3. The summed E-state index contributed by atoms with van der Waals surface area (Å²) in [5.74, 6) is 1.50. The second-order valence-electron chi connectivity index (χ2n) is 5.38. The van der Waals surface area contributed by atoms with Crippen molar-refractivity contribution in [1.82, 2.24) is 15.6 Å². The number of piperidine rings is 1. The molecule has 0 spiro atoms. The zero-order valence-corrected chi connectivity index (χ0v) is 11.4. The number of oxazole rings is 1. The minimum Gasteiger partial charge on any atom is -0.441 e. The van der Waals surface area contributed by atoms with Gasteiger partial charge in [-0.3, -0.25) is 0 Å². The molecule has 1 atom stereocenters. The molecule has 1 aromatic heterocycles. The van der Waals surface area contributed by atoms with Gasteiger partial charge in [0, 0.05) is 13.5 Å². The zero-order chi connectivity index (χ0) is 13.1. The predicted molar refractivity (Wildman–Crippen MR) is 76.0 cm³/mol. The molecule has 1 aromatic carbocycles. The van der Waals surface area contributed by atoms with Gasteiger partial charge in [0.25, 0.3) is 0 Å². The topological polar surface area (TPSA) is 50.1 Å². The third-order valence-corrected chi connectivity index (χ3v) is 3.72. The third kappa shape index (κ3) is 3.14. The van der Waals surface area contributed by atoms with Crippen LogP contribution < -0.4 is 10.6 Å². The molecule has 0 amide bonds. The maximum Gasteiger partial charge on any atom is 0.192 e. The molecule has 0 radical (unpaired) electrons. The minimum absolute atomic E-state index is 0.730. The number of aromatic nitrogens is 1. The van der Waals surface area contributed by atoms with Crippen molar-refractivity contribution in [3.05, 3.63) is 29.7 Å². The third-order valence-electron chi connectivity index (χ3n) is 3.72. The van der Waals surface area contributed by atoms with E-state index in [2.05, 4.69) is 27.8 Å². The minimum atomic E-state index is 0.730. The van der Waals surface area contributed by atoms with Crippen LogP contribution in [0.15, 0.2) is 22.6 Å². The van der Waals surface area contributed by atoms with Gasteiger partial charge in [0.15, 0.2) is 11.5 Å². The van der Waals surface area contributed by atoms with Gasteiger partial charge < -0.3 is 15.1 Å². The fourth-order valence-electron chi connectivity index (χ4n) is 2.72. The number of hydrogen-bond acceptors (Lipinski definition) is 4. The molecule has 4 nitrogen and oxygen atoms in total. The molecule has 4 heteroatoms. The van der Waals surface area contributed by atoms with Crippen molar-refractivity contribution in [2.45, 2.75) is 26.3 Å². The Morgan fingerprint density at radius 3 is 3.26 bits per heavy atom. The molecule has 1 fully saturated rings. The zero-order valence-electron chi connectivity index (χ0n) is 11.4. The summed E-state index contributed by atoms with van der Waals surface area (Å²) in [6.45, 7) is 6.20. The van der Waals surface area contributed by atoms with Crippen LogP contribution in [0.2, 0.25) is 0 Å². The van der Waals surface area contributed by atoms with Gasteiger partial charge >= 0.3 is 0 Å². The molecule has 1 aliphatic rings. The Kier molecular flexibility index (Phi) is 3.80. The van der Waals surface area contributed by atoms with E-state index in [1.54, 1.807) is 0 Å². The van der Waals surface area contributed by atoms with Gasteiger partial charge in [-0.1, -0.05) is 6.07 Å². The molecule has 0 aliphatic carbocycles. The highest BCUT2D eigenvalue weighted by atomic mass is 16.3. The van der Waals surface area contributed by atoms with Gasteiger partial charge in [0.05, 0.1) is 0 Å². The van der Waals surface area contributed by atoms with Crippen molar-refractivity contribution in [2.24, 2.45) is 5.92 Å². The van der Waals surface area contributed by atoms with E-state index in [1.165, 1.54) is 24.9 Å². The summed E-state index contributed by atoms with van der Waals surface area (Å²) in [7, 11) is 0. The molecule has 19 heavy (non-hydrogen) atoms.